The van der Waals surface area contributed by atoms with Gasteiger partial charge in [-0.3, -0.25) is 0 Å². The molecule has 1 aromatic rings. The van der Waals surface area contributed by atoms with Crippen molar-refractivity contribution < 1.29 is 12.9 Å². The Bertz CT molecular complexity index is 517. The maximum atomic E-state index is 11.5. The second-order valence-electron chi connectivity index (χ2n) is 5.15. The van der Waals surface area contributed by atoms with Crippen LogP contribution in [-0.2, 0) is 15.4 Å². The summed E-state index contributed by atoms with van der Waals surface area (Å²) in [6.45, 7) is 4.49. The van der Waals surface area contributed by atoms with Crippen molar-refractivity contribution in [2.45, 2.75) is 43.9 Å². The fourth-order valence-corrected chi connectivity index (χ4v) is 2.53. The Balaban J connectivity index is 2.25. The zero-order chi connectivity index (χ0) is 13.4. The molecule has 1 aliphatic rings. The Morgan fingerprint density at radius 3 is 2.72 bits per heavy atom. The summed E-state index contributed by atoms with van der Waals surface area (Å²) in [6.07, 6.45) is 4.33. The Kier molecular flexibility index (Phi) is 3.46. The highest BCUT2D eigenvalue weighted by molar-refractivity contribution is 7.90. The molecule has 2 atom stereocenters. The van der Waals surface area contributed by atoms with Gasteiger partial charge in [0.15, 0.2) is 15.7 Å². The van der Waals surface area contributed by atoms with E-state index in [0.29, 0.717) is 5.89 Å². The topological polar surface area (TPSA) is 85.1 Å². The minimum absolute atomic E-state index is 0.237. The maximum absolute atomic E-state index is 11.5. The summed E-state index contributed by atoms with van der Waals surface area (Å²) in [4.78, 5) is 4.25. The first kappa shape index (κ1) is 13.5. The van der Waals surface area contributed by atoms with Crippen molar-refractivity contribution in [2.24, 2.45) is 0 Å². The molecule has 1 fully saturated rings. The average molecular weight is 273 g/mol. The lowest BCUT2D eigenvalue weighted by molar-refractivity contribution is 0.206. The SMILES string of the molecule is CC(c1noc(C2(C)CCCCN2)n1)S(C)(=O)=O. The van der Waals surface area contributed by atoms with Crippen molar-refractivity contribution in [2.75, 3.05) is 12.8 Å². The van der Waals surface area contributed by atoms with Crippen LogP contribution in [0.1, 0.15) is 50.1 Å². The normalized spacial score (nSPS) is 27.1. The molecule has 1 saturated heterocycles. The number of hydrogen-bond donors (Lipinski definition) is 1. The Hall–Kier alpha value is -0.950. The van der Waals surface area contributed by atoms with E-state index in [0.717, 1.165) is 25.8 Å². The van der Waals surface area contributed by atoms with Gasteiger partial charge in [-0.15, -0.1) is 0 Å². The summed E-state index contributed by atoms with van der Waals surface area (Å²) in [5, 5.41) is 6.42. The van der Waals surface area contributed by atoms with E-state index in [-0.39, 0.29) is 11.4 Å². The van der Waals surface area contributed by atoms with Crippen LogP contribution in [0.4, 0.5) is 0 Å². The van der Waals surface area contributed by atoms with E-state index in [4.69, 9.17) is 4.52 Å². The van der Waals surface area contributed by atoms with E-state index in [1.807, 2.05) is 6.92 Å². The van der Waals surface area contributed by atoms with Crippen LogP contribution in [0.3, 0.4) is 0 Å². The predicted octanol–water partition coefficient (Wildman–Crippen LogP) is 1.16. The van der Waals surface area contributed by atoms with E-state index < -0.39 is 15.1 Å². The molecule has 102 valence electrons. The molecule has 1 aromatic heterocycles. The maximum Gasteiger partial charge on any atom is 0.246 e. The van der Waals surface area contributed by atoms with Crippen molar-refractivity contribution in [3.63, 3.8) is 0 Å². The molecule has 0 aromatic carbocycles. The van der Waals surface area contributed by atoms with Gasteiger partial charge in [-0.2, -0.15) is 4.98 Å². The first-order valence-corrected chi connectivity index (χ1v) is 8.06. The molecule has 2 rings (SSSR count). The highest BCUT2D eigenvalue weighted by Crippen LogP contribution is 2.29. The summed E-state index contributed by atoms with van der Waals surface area (Å²) in [5.74, 6) is 0.716. The van der Waals surface area contributed by atoms with Crippen molar-refractivity contribution >= 4 is 9.84 Å². The standard InChI is InChI=1S/C11H19N3O3S/c1-8(18(3,15)16)9-13-10(17-14-9)11(2)6-4-5-7-12-11/h8,12H,4-7H2,1-3H3. The zero-order valence-electron chi connectivity index (χ0n) is 10.9. The van der Waals surface area contributed by atoms with E-state index >= 15 is 0 Å². The van der Waals surface area contributed by atoms with Gasteiger partial charge in [-0.1, -0.05) is 5.16 Å². The minimum Gasteiger partial charge on any atom is -0.337 e. The zero-order valence-corrected chi connectivity index (χ0v) is 11.7. The van der Waals surface area contributed by atoms with Crippen LogP contribution in [-0.4, -0.2) is 31.4 Å². The number of sulfone groups is 1. The van der Waals surface area contributed by atoms with Crippen molar-refractivity contribution in [1.82, 2.24) is 15.5 Å². The lowest BCUT2D eigenvalue weighted by Crippen LogP contribution is -2.43. The third kappa shape index (κ3) is 2.56. The van der Waals surface area contributed by atoms with Crippen molar-refractivity contribution in [3.8, 4) is 0 Å². The molecule has 2 heterocycles. The molecule has 6 nitrogen and oxygen atoms in total. The van der Waals surface area contributed by atoms with Gasteiger partial charge in [0.2, 0.25) is 5.89 Å². The number of nitrogens with zero attached hydrogens (tertiary/aromatic N) is 2. The van der Waals surface area contributed by atoms with E-state index in [9.17, 15) is 8.42 Å². The van der Waals surface area contributed by atoms with Gasteiger partial charge >= 0.3 is 0 Å². The Labute approximate surface area is 107 Å². The molecule has 0 spiro atoms. The first-order valence-electron chi connectivity index (χ1n) is 6.11. The highest BCUT2D eigenvalue weighted by Gasteiger charge is 2.35. The van der Waals surface area contributed by atoms with Crippen LogP contribution >= 0.6 is 0 Å². The smallest absolute Gasteiger partial charge is 0.246 e. The van der Waals surface area contributed by atoms with Gasteiger partial charge in [-0.25, -0.2) is 8.42 Å². The number of aromatic nitrogens is 2. The van der Waals surface area contributed by atoms with Gasteiger partial charge in [-0.05, 0) is 39.7 Å². The Morgan fingerprint density at radius 2 is 2.17 bits per heavy atom. The summed E-state index contributed by atoms with van der Waals surface area (Å²) in [7, 11) is -3.20. The van der Waals surface area contributed by atoms with Crippen LogP contribution in [0.2, 0.25) is 0 Å². The van der Waals surface area contributed by atoms with Crippen LogP contribution in [0, 0.1) is 0 Å². The monoisotopic (exact) mass is 273 g/mol. The fraction of sp³-hybridized carbons (Fsp3) is 0.818. The van der Waals surface area contributed by atoms with Crippen LogP contribution in [0.15, 0.2) is 4.52 Å². The van der Waals surface area contributed by atoms with Crippen LogP contribution in [0.5, 0.6) is 0 Å². The van der Waals surface area contributed by atoms with Gasteiger partial charge in [0.1, 0.15) is 5.25 Å². The summed E-state index contributed by atoms with van der Waals surface area (Å²) < 4.78 is 28.2. The van der Waals surface area contributed by atoms with Crippen LogP contribution in [0.25, 0.3) is 0 Å². The average Bonchev–Trinajstić information content (AvgIpc) is 2.77. The number of piperidine rings is 1. The summed E-state index contributed by atoms with van der Waals surface area (Å²) in [6, 6.07) is 0. The largest absolute Gasteiger partial charge is 0.337 e. The molecular formula is C11H19N3O3S. The van der Waals surface area contributed by atoms with Gasteiger partial charge < -0.3 is 9.84 Å². The van der Waals surface area contributed by atoms with Gasteiger partial charge in [0.05, 0.1) is 5.54 Å². The third-order valence-corrected chi connectivity index (χ3v) is 5.03. The second-order valence-corrected chi connectivity index (χ2v) is 7.51. The molecule has 1 aliphatic heterocycles. The number of rotatable bonds is 3. The highest BCUT2D eigenvalue weighted by atomic mass is 32.2. The van der Waals surface area contributed by atoms with E-state index in [1.54, 1.807) is 6.92 Å². The quantitative estimate of drug-likeness (QED) is 0.889. The van der Waals surface area contributed by atoms with Gasteiger partial charge in [0, 0.05) is 6.26 Å². The first-order chi connectivity index (χ1) is 8.33. The van der Waals surface area contributed by atoms with Crippen molar-refractivity contribution in [3.05, 3.63) is 11.7 Å². The second kappa shape index (κ2) is 4.62. The Morgan fingerprint density at radius 1 is 1.44 bits per heavy atom. The van der Waals surface area contributed by atoms with E-state index in [2.05, 4.69) is 15.5 Å². The van der Waals surface area contributed by atoms with Crippen molar-refractivity contribution in [1.29, 1.82) is 0 Å². The fourth-order valence-electron chi connectivity index (χ4n) is 2.05. The summed E-state index contributed by atoms with van der Waals surface area (Å²) >= 11 is 0. The van der Waals surface area contributed by atoms with E-state index in [1.165, 1.54) is 6.26 Å². The molecule has 0 aliphatic carbocycles. The van der Waals surface area contributed by atoms with Crippen LogP contribution < -0.4 is 5.32 Å². The molecular weight excluding hydrogens is 254 g/mol. The lowest BCUT2D eigenvalue weighted by atomic mass is 9.91. The third-order valence-electron chi connectivity index (χ3n) is 3.54. The minimum atomic E-state index is -3.20. The molecule has 18 heavy (non-hydrogen) atoms. The molecule has 0 amide bonds. The molecule has 1 N–H and O–H groups in total. The molecule has 0 saturated carbocycles. The molecule has 7 heteroatoms. The summed E-state index contributed by atoms with van der Waals surface area (Å²) in [5.41, 5.74) is -0.333. The molecule has 0 radical (unpaired) electrons. The predicted molar refractivity (Wildman–Crippen MR) is 66.8 cm³/mol. The number of hydrogen-bond acceptors (Lipinski definition) is 6. The van der Waals surface area contributed by atoms with Gasteiger partial charge in [0.25, 0.3) is 0 Å². The molecule has 2 unspecified atom stereocenters. The number of nitrogens with one attached hydrogen (secondary N) is 1. The lowest BCUT2D eigenvalue weighted by Gasteiger charge is -2.31. The molecule has 0 bridgehead atoms.